The summed E-state index contributed by atoms with van der Waals surface area (Å²) in [6, 6.07) is 0.602. The van der Waals surface area contributed by atoms with Crippen LogP contribution in [0.25, 0.3) is 0 Å². The first-order valence-corrected chi connectivity index (χ1v) is 7.16. The lowest BCUT2D eigenvalue weighted by atomic mass is 10.0. The smallest absolute Gasteiger partial charge is 0.157 e. The summed E-state index contributed by atoms with van der Waals surface area (Å²) in [6.45, 7) is 2.57. The number of ether oxygens (including phenoxy) is 2. The number of hydrogen-bond donors (Lipinski definition) is 0. The second kappa shape index (κ2) is 5.74. The molecule has 1 saturated heterocycles. The lowest BCUT2D eigenvalue weighted by molar-refractivity contribution is 0.0497. The highest BCUT2D eigenvalue weighted by molar-refractivity contribution is 5.12. The van der Waals surface area contributed by atoms with Crippen molar-refractivity contribution < 1.29 is 9.47 Å². The van der Waals surface area contributed by atoms with Crippen LogP contribution in [-0.4, -0.2) is 29.6 Å². The average molecular weight is 250 g/mol. The molecule has 1 aliphatic carbocycles. The lowest BCUT2D eigenvalue weighted by Crippen LogP contribution is -2.21. The average Bonchev–Trinajstić information content (AvgIpc) is 3.08. The fourth-order valence-corrected chi connectivity index (χ4v) is 2.89. The summed E-state index contributed by atoms with van der Waals surface area (Å²) < 4.78 is 13.3. The van der Waals surface area contributed by atoms with Crippen LogP contribution in [0.2, 0.25) is 0 Å². The summed E-state index contributed by atoms with van der Waals surface area (Å²) in [4.78, 5) is 0. The van der Waals surface area contributed by atoms with Gasteiger partial charge < -0.3 is 9.47 Å². The van der Waals surface area contributed by atoms with Gasteiger partial charge in [-0.25, -0.2) is 0 Å². The van der Waals surface area contributed by atoms with E-state index >= 15 is 0 Å². The SMILES string of the molecule is c1nn(C2CCCC2)cc1OCC1CCOCC1. The molecule has 0 aromatic carbocycles. The highest BCUT2D eigenvalue weighted by Gasteiger charge is 2.18. The quantitative estimate of drug-likeness (QED) is 0.824. The summed E-state index contributed by atoms with van der Waals surface area (Å²) in [5, 5.41) is 4.43. The van der Waals surface area contributed by atoms with Gasteiger partial charge in [-0.15, -0.1) is 0 Å². The van der Waals surface area contributed by atoms with Gasteiger partial charge in [-0.3, -0.25) is 4.68 Å². The van der Waals surface area contributed by atoms with E-state index in [1.807, 2.05) is 6.20 Å². The van der Waals surface area contributed by atoms with Crippen LogP contribution in [-0.2, 0) is 4.74 Å². The Morgan fingerprint density at radius 1 is 1.22 bits per heavy atom. The van der Waals surface area contributed by atoms with Gasteiger partial charge in [0.15, 0.2) is 5.75 Å². The van der Waals surface area contributed by atoms with Gasteiger partial charge in [0.05, 0.1) is 25.0 Å². The van der Waals surface area contributed by atoms with Crippen molar-refractivity contribution in [3.05, 3.63) is 12.4 Å². The van der Waals surface area contributed by atoms with Crippen molar-refractivity contribution in [1.82, 2.24) is 9.78 Å². The van der Waals surface area contributed by atoms with E-state index in [-0.39, 0.29) is 0 Å². The highest BCUT2D eigenvalue weighted by Crippen LogP contribution is 2.29. The molecule has 4 nitrogen and oxygen atoms in total. The van der Waals surface area contributed by atoms with Crippen molar-refractivity contribution in [2.24, 2.45) is 5.92 Å². The Bertz CT molecular complexity index is 366. The van der Waals surface area contributed by atoms with Crippen LogP contribution in [0.1, 0.15) is 44.6 Å². The van der Waals surface area contributed by atoms with Crippen molar-refractivity contribution in [3.8, 4) is 5.75 Å². The van der Waals surface area contributed by atoms with Crippen LogP contribution in [0.15, 0.2) is 12.4 Å². The van der Waals surface area contributed by atoms with Crippen molar-refractivity contribution in [2.45, 2.75) is 44.6 Å². The van der Waals surface area contributed by atoms with E-state index < -0.39 is 0 Å². The van der Waals surface area contributed by atoms with Crippen LogP contribution in [0, 0.1) is 5.92 Å². The molecule has 1 aliphatic heterocycles. The van der Waals surface area contributed by atoms with Crippen molar-refractivity contribution in [2.75, 3.05) is 19.8 Å². The van der Waals surface area contributed by atoms with E-state index in [1.54, 1.807) is 0 Å². The maximum Gasteiger partial charge on any atom is 0.157 e. The molecule has 2 aliphatic rings. The molecule has 0 amide bonds. The summed E-state index contributed by atoms with van der Waals surface area (Å²) in [5.74, 6) is 1.57. The van der Waals surface area contributed by atoms with Gasteiger partial charge in [0, 0.05) is 13.2 Å². The number of nitrogens with zero attached hydrogens (tertiary/aromatic N) is 2. The fraction of sp³-hybridized carbons (Fsp3) is 0.786. The Hall–Kier alpha value is -1.03. The predicted octanol–water partition coefficient (Wildman–Crippen LogP) is 2.80. The topological polar surface area (TPSA) is 36.3 Å². The zero-order chi connectivity index (χ0) is 12.2. The third kappa shape index (κ3) is 2.86. The van der Waals surface area contributed by atoms with E-state index in [0.717, 1.165) is 38.4 Å². The minimum Gasteiger partial charge on any atom is -0.490 e. The third-order valence-electron chi connectivity index (χ3n) is 4.10. The second-order valence-corrected chi connectivity index (χ2v) is 5.46. The first-order chi connectivity index (χ1) is 8.92. The Morgan fingerprint density at radius 3 is 2.78 bits per heavy atom. The van der Waals surface area contributed by atoms with Crippen LogP contribution in [0.3, 0.4) is 0 Å². The molecule has 1 aromatic heterocycles. The summed E-state index contributed by atoms with van der Waals surface area (Å²) in [7, 11) is 0. The first kappa shape index (κ1) is 12.0. The molecule has 0 unspecified atom stereocenters. The second-order valence-electron chi connectivity index (χ2n) is 5.46. The zero-order valence-electron chi connectivity index (χ0n) is 10.9. The van der Waals surface area contributed by atoms with E-state index in [4.69, 9.17) is 9.47 Å². The van der Waals surface area contributed by atoms with Gasteiger partial charge in [0.25, 0.3) is 0 Å². The molecule has 18 heavy (non-hydrogen) atoms. The van der Waals surface area contributed by atoms with Gasteiger partial charge in [-0.1, -0.05) is 12.8 Å². The van der Waals surface area contributed by atoms with Crippen LogP contribution in [0.5, 0.6) is 5.75 Å². The molecule has 2 heterocycles. The molecule has 1 aromatic rings. The van der Waals surface area contributed by atoms with E-state index in [0.29, 0.717) is 12.0 Å². The largest absolute Gasteiger partial charge is 0.490 e. The van der Waals surface area contributed by atoms with Gasteiger partial charge in [0.2, 0.25) is 0 Å². The van der Waals surface area contributed by atoms with E-state index in [1.165, 1.54) is 25.7 Å². The van der Waals surface area contributed by atoms with E-state index in [9.17, 15) is 0 Å². The maximum absolute atomic E-state index is 5.85. The minimum atomic E-state index is 0.602. The molecule has 3 rings (SSSR count). The Kier molecular flexibility index (Phi) is 3.84. The third-order valence-corrected chi connectivity index (χ3v) is 4.10. The molecule has 1 saturated carbocycles. The fourth-order valence-electron chi connectivity index (χ4n) is 2.89. The summed E-state index contributed by atoms with van der Waals surface area (Å²) in [5.41, 5.74) is 0. The Balaban J connectivity index is 1.50. The Morgan fingerprint density at radius 2 is 2.00 bits per heavy atom. The van der Waals surface area contributed by atoms with Gasteiger partial charge >= 0.3 is 0 Å². The minimum absolute atomic E-state index is 0.602. The van der Waals surface area contributed by atoms with Crippen molar-refractivity contribution in [3.63, 3.8) is 0 Å². The van der Waals surface area contributed by atoms with Crippen LogP contribution >= 0.6 is 0 Å². The Labute approximate surface area is 108 Å². The molecule has 100 valence electrons. The molecule has 0 spiro atoms. The van der Waals surface area contributed by atoms with Crippen LogP contribution < -0.4 is 4.74 Å². The standard InChI is InChI=1S/C14H22N2O2/c1-2-4-13(3-1)16-10-14(9-15-16)18-11-12-5-7-17-8-6-12/h9-10,12-13H,1-8,11H2. The molecule has 4 heteroatoms. The normalized spacial score (nSPS) is 22.4. The zero-order valence-corrected chi connectivity index (χ0v) is 10.9. The molecule has 2 fully saturated rings. The monoisotopic (exact) mass is 250 g/mol. The van der Waals surface area contributed by atoms with Crippen molar-refractivity contribution >= 4 is 0 Å². The van der Waals surface area contributed by atoms with E-state index in [2.05, 4.69) is 16.0 Å². The summed E-state index contributed by atoms with van der Waals surface area (Å²) >= 11 is 0. The molecular formula is C14H22N2O2. The predicted molar refractivity (Wildman–Crippen MR) is 68.8 cm³/mol. The molecule has 0 bridgehead atoms. The van der Waals surface area contributed by atoms with Crippen LogP contribution in [0.4, 0.5) is 0 Å². The van der Waals surface area contributed by atoms with Gasteiger partial charge in [-0.2, -0.15) is 5.10 Å². The maximum atomic E-state index is 5.85. The molecular weight excluding hydrogens is 228 g/mol. The number of rotatable bonds is 4. The number of aromatic nitrogens is 2. The molecule has 0 radical (unpaired) electrons. The van der Waals surface area contributed by atoms with Crippen molar-refractivity contribution in [1.29, 1.82) is 0 Å². The first-order valence-electron chi connectivity index (χ1n) is 7.16. The van der Waals surface area contributed by atoms with Gasteiger partial charge in [-0.05, 0) is 31.6 Å². The number of hydrogen-bond acceptors (Lipinski definition) is 3. The lowest BCUT2D eigenvalue weighted by Gasteiger charge is -2.21. The summed E-state index contributed by atoms with van der Waals surface area (Å²) in [6.07, 6.45) is 11.4. The highest BCUT2D eigenvalue weighted by atomic mass is 16.5. The molecule has 0 N–H and O–H groups in total. The molecule has 0 atom stereocenters. The van der Waals surface area contributed by atoms with Gasteiger partial charge in [0.1, 0.15) is 0 Å².